The number of hydrogen-bond donors (Lipinski definition) is 0. The molecule has 0 fully saturated rings. The molecule has 0 atom stereocenters. The van der Waals surface area contributed by atoms with Crippen LogP contribution in [0.25, 0.3) is 10.1 Å². The van der Waals surface area contributed by atoms with Crippen LogP contribution in [0, 0.1) is 5.82 Å². The van der Waals surface area contributed by atoms with Gasteiger partial charge in [-0.25, -0.2) is 9.18 Å². The number of carbonyl (C=O) groups is 1. The van der Waals surface area contributed by atoms with Crippen molar-refractivity contribution in [2.45, 2.75) is 0 Å². The van der Waals surface area contributed by atoms with Gasteiger partial charge in [-0.1, -0.05) is 11.6 Å². The quantitative estimate of drug-likeness (QED) is 0.750. The number of ether oxygens (including phenoxy) is 1. The first-order valence-electron chi connectivity index (χ1n) is 4.53. The molecular weight excluding hydrogens is 267 g/mol. The lowest BCUT2D eigenvalue weighted by molar-refractivity contribution is 0.0600. The number of esters is 1. The van der Waals surface area contributed by atoms with Crippen LogP contribution in [0.3, 0.4) is 0 Å². The van der Waals surface area contributed by atoms with E-state index in [1.807, 2.05) is 0 Å². The fourth-order valence-corrected chi connectivity index (χ4v) is 2.52. The molecule has 88 valence electrons. The van der Waals surface area contributed by atoms with Gasteiger partial charge in [0.1, 0.15) is 11.4 Å². The molecule has 0 spiro atoms. The monoisotopic (exact) mass is 272 g/mol. The molecule has 6 heteroatoms. The summed E-state index contributed by atoms with van der Waals surface area (Å²) in [6.45, 7) is 0. The van der Waals surface area contributed by atoms with Crippen LogP contribution in [0.4, 0.5) is 4.39 Å². The Balaban J connectivity index is 2.80. The Morgan fingerprint density at radius 2 is 2.18 bits per heavy atom. The number of hydrogen-bond acceptors (Lipinski definition) is 4. The molecule has 17 heavy (non-hydrogen) atoms. The molecule has 2 aromatic rings. The normalized spacial score (nSPS) is 10.5. The van der Waals surface area contributed by atoms with Crippen LogP contribution in [-0.2, 0) is 4.74 Å². The van der Waals surface area contributed by atoms with Gasteiger partial charge in [0.05, 0.1) is 12.1 Å². The molecule has 0 saturated carbocycles. The SMILES string of the molecule is COC(=O)c1csc2cc(Cl)c(F)cc2c1=O. The molecule has 0 bridgehead atoms. The second kappa shape index (κ2) is 4.43. The lowest BCUT2D eigenvalue weighted by Gasteiger charge is -2.01. The fourth-order valence-electron chi connectivity index (χ4n) is 1.38. The maximum absolute atomic E-state index is 13.3. The van der Waals surface area contributed by atoms with Gasteiger partial charge in [-0.05, 0) is 12.1 Å². The topological polar surface area (TPSA) is 43.4 Å². The Labute approximate surface area is 104 Å². The first-order chi connectivity index (χ1) is 8.04. The van der Waals surface area contributed by atoms with Crippen LogP contribution in [0.1, 0.15) is 10.4 Å². The highest BCUT2D eigenvalue weighted by Crippen LogP contribution is 2.24. The summed E-state index contributed by atoms with van der Waals surface area (Å²) in [6.07, 6.45) is 0. The van der Waals surface area contributed by atoms with E-state index < -0.39 is 17.2 Å². The van der Waals surface area contributed by atoms with E-state index in [-0.39, 0.29) is 16.0 Å². The second-order valence-corrected chi connectivity index (χ2v) is 4.55. The third-order valence-corrected chi connectivity index (χ3v) is 3.46. The lowest BCUT2D eigenvalue weighted by Crippen LogP contribution is -2.15. The zero-order chi connectivity index (χ0) is 12.6. The van der Waals surface area contributed by atoms with Crippen molar-refractivity contribution in [3.63, 3.8) is 0 Å². The van der Waals surface area contributed by atoms with Gasteiger partial charge in [0.25, 0.3) is 0 Å². The van der Waals surface area contributed by atoms with Gasteiger partial charge >= 0.3 is 5.97 Å². The standard InChI is InChI=1S/C11H6ClFO3S/c1-16-11(15)6-4-17-9-3-7(12)8(13)2-5(9)10(6)14/h2-4H,1H3. The summed E-state index contributed by atoms with van der Waals surface area (Å²) < 4.78 is 18.3. The molecule has 3 nitrogen and oxygen atoms in total. The number of fused-ring (bicyclic) bond motifs is 1. The Bertz CT molecular complexity index is 666. The van der Waals surface area contributed by atoms with Crippen LogP contribution < -0.4 is 5.43 Å². The average molecular weight is 273 g/mol. The number of rotatable bonds is 1. The minimum atomic E-state index is -0.733. The molecular formula is C11H6ClFO3S. The number of benzene rings is 1. The first-order valence-corrected chi connectivity index (χ1v) is 5.79. The molecule has 0 amide bonds. The van der Waals surface area contributed by atoms with Crippen LogP contribution in [-0.4, -0.2) is 13.1 Å². The molecule has 2 rings (SSSR count). The summed E-state index contributed by atoms with van der Waals surface area (Å²) in [5.74, 6) is -1.42. The predicted octanol–water partition coefficient (Wildman–Crippen LogP) is 2.84. The molecule has 0 radical (unpaired) electrons. The first kappa shape index (κ1) is 12.0. The van der Waals surface area contributed by atoms with Crippen LogP contribution >= 0.6 is 22.9 Å². The largest absolute Gasteiger partial charge is 0.465 e. The average Bonchev–Trinajstić information content (AvgIpc) is 2.31. The third-order valence-electron chi connectivity index (χ3n) is 2.22. The fraction of sp³-hybridized carbons (Fsp3) is 0.0909. The van der Waals surface area contributed by atoms with Crippen molar-refractivity contribution in [3.05, 3.63) is 44.1 Å². The Hall–Kier alpha value is -1.46. The van der Waals surface area contributed by atoms with Crippen molar-refractivity contribution < 1.29 is 13.9 Å². The third kappa shape index (κ3) is 2.03. The molecule has 1 heterocycles. The van der Waals surface area contributed by atoms with Crippen molar-refractivity contribution in [3.8, 4) is 0 Å². The van der Waals surface area contributed by atoms with Crippen molar-refractivity contribution in [2.24, 2.45) is 0 Å². The highest BCUT2D eigenvalue weighted by molar-refractivity contribution is 7.16. The zero-order valence-corrected chi connectivity index (χ0v) is 10.2. The van der Waals surface area contributed by atoms with E-state index in [4.69, 9.17) is 11.6 Å². The minimum Gasteiger partial charge on any atom is -0.465 e. The highest BCUT2D eigenvalue weighted by Gasteiger charge is 2.14. The Kier molecular flexibility index (Phi) is 3.13. The van der Waals surface area contributed by atoms with Crippen molar-refractivity contribution in [2.75, 3.05) is 7.11 Å². The molecule has 0 aliphatic rings. The maximum Gasteiger partial charge on any atom is 0.342 e. The van der Waals surface area contributed by atoms with Gasteiger partial charge < -0.3 is 4.74 Å². The molecule has 1 aromatic carbocycles. The summed E-state index contributed by atoms with van der Waals surface area (Å²) in [7, 11) is 1.18. The Morgan fingerprint density at radius 1 is 1.47 bits per heavy atom. The molecule has 0 unspecified atom stereocenters. The van der Waals surface area contributed by atoms with E-state index in [2.05, 4.69) is 4.74 Å². The van der Waals surface area contributed by atoms with Crippen molar-refractivity contribution in [1.82, 2.24) is 0 Å². The zero-order valence-electron chi connectivity index (χ0n) is 8.62. The van der Waals surface area contributed by atoms with Gasteiger partial charge in [0.15, 0.2) is 0 Å². The lowest BCUT2D eigenvalue weighted by atomic mass is 10.2. The summed E-state index contributed by atoms with van der Waals surface area (Å²) in [4.78, 5) is 23.2. The molecule has 0 aliphatic heterocycles. The maximum atomic E-state index is 13.3. The van der Waals surface area contributed by atoms with Crippen molar-refractivity contribution >= 4 is 39.0 Å². The Morgan fingerprint density at radius 3 is 2.82 bits per heavy atom. The van der Waals surface area contributed by atoms with E-state index in [1.54, 1.807) is 0 Å². The van der Waals surface area contributed by atoms with Gasteiger partial charge in [-0.15, -0.1) is 11.3 Å². The molecule has 1 aromatic heterocycles. The van der Waals surface area contributed by atoms with Crippen LogP contribution in [0.15, 0.2) is 22.3 Å². The molecule has 0 saturated heterocycles. The van der Waals surface area contributed by atoms with Crippen LogP contribution in [0.5, 0.6) is 0 Å². The van der Waals surface area contributed by atoms with Crippen LogP contribution in [0.2, 0.25) is 5.02 Å². The van der Waals surface area contributed by atoms with Gasteiger partial charge in [-0.3, -0.25) is 4.79 Å². The molecule has 0 aliphatic carbocycles. The number of methoxy groups -OCH3 is 1. The summed E-state index contributed by atoms with van der Waals surface area (Å²) in [5, 5.41) is 1.45. The summed E-state index contributed by atoms with van der Waals surface area (Å²) >= 11 is 6.74. The smallest absolute Gasteiger partial charge is 0.342 e. The minimum absolute atomic E-state index is 0.0565. The van der Waals surface area contributed by atoms with E-state index in [1.165, 1.54) is 18.6 Å². The summed E-state index contributed by atoms with van der Waals surface area (Å²) in [6, 6.07) is 2.39. The van der Waals surface area contributed by atoms with E-state index in [9.17, 15) is 14.0 Å². The second-order valence-electron chi connectivity index (χ2n) is 3.23. The highest BCUT2D eigenvalue weighted by atomic mass is 35.5. The van der Waals surface area contributed by atoms with E-state index in [0.717, 1.165) is 17.4 Å². The van der Waals surface area contributed by atoms with Gasteiger partial charge in [0, 0.05) is 15.5 Å². The van der Waals surface area contributed by atoms with Gasteiger partial charge in [-0.2, -0.15) is 0 Å². The number of carbonyl (C=O) groups excluding carboxylic acids is 1. The predicted molar refractivity (Wildman–Crippen MR) is 64.4 cm³/mol. The number of halogens is 2. The van der Waals surface area contributed by atoms with E-state index in [0.29, 0.717) is 4.70 Å². The van der Waals surface area contributed by atoms with Gasteiger partial charge in [0.2, 0.25) is 5.43 Å². The van der Waals surface area contributed by atoms with Crippen molar-refractivity contribution in [1.29, 1.82) is 0 Å². The summed E-state index contributed by atoms with van der Waals surface area (Å²) in [5.41, 5.74) is -0.659. The van der Waals surface area contributed by atoms with E-state index >= 15 is 0 Å². The molecule has 0 N–H and O–H groups in total.